The lowest BCUT2D eigenvalue weighted by atomic mass is 10.1. The molecule has 7 heteroatoms. The first-order valence-electron chi connectivity index (χ1n) is 8.81. The van der Waals surface area contributed by atoms with Crippen molar-refractivity contribution in [2.75, 3.05) is 25.2 Å². The van der Waals surface area contributed by atoms with Crippen LogP contribution in [-0.2, 0) is 21.9 Å². The van der Waals surface area contributed by atoms with Crippen LogP contribution in [0.3, 0.4) is 0 Å². The minimum absolute atomic E-state index is 0.217. The van der Waals surface area contributed by atoms with Crippen LogP contribution in [0.2, 0.25) is 5.02 Å². The molecule has 0 aliphatic carbocycles. The summed E-state index contributed by atoms with van der Waals surface area (Å²) >= 11 is 6.21. The van der Waals surface area contributed by atoms with Crippen molar-refractivity contribution in [1.29, 1.82) is 0 Å². The van der Waals surface area contributed by atoms with E-state index < -0.39 is 11.6 Å². The number of rotatable bonds is 10. The van der Waals surface area contributed by atoms with Crippen LogP contribution in [0.25, 0.3) is 0 Å². The van der Waals surface area contributed by atoms with E-state index >= 15 is 0 Å². The van der Waals surface area contributed by atoms with Crippen LogP contribution >= 0.6 is 11.6 Å². The van der Waals surface area contributed by atoms with Crippen LogP contribution in [-0.4, -0.2) is 25.2 Å². The van der Waals surface area contributed by atoms with Gasteiger partial charge in [-0.2, -0.15) is 4.18 Å². The van der Waals surface area contributed by atoms with Crippen molar-refractivity contribution in [3.05, 3.63) is 64.2 Å². The smallest absolute Gasteiger partial charge is 0.156 e. The van der Waals surface area contributed by atoms with E-state index in [0.717, 1.165) is 23.1 Å². The van der Waals surface area contributed by atoms with Gasteiger partial charge in [-0.1, -0.05) is 17.7 Å². The van der Waals surface area contributed by atoms with Gasteiger partial charge in [0.25, 0.3) is 0 Å². The summed E-state index contributed by atoms with van der Waals surface area (Å²) in [7, 11) is 1.59. The van der Waals surface area contributed by atoms with E-state index in [0.29, 0.717) is 29.4 Å². The van der Waals surface area contributed by atoms with Crippen LogP contribution in [0.15, 0.2) is 36.4 Å². The summed E-state index contributed by atoms with van der Waals surface area (Å²) in [4.78, 5) is 0. The second-order valence-electron chi connectivity index (χ2n) is 5.87. The van der Waals surface area contributed by atoms with Crippen LogP contribution in [0, 0.1) is 11.6 Å². The minimum Gasteiger partial charge on any atom is -0.496 e. The Morgan fingerprint density at radius 1 is 1.11 bits per heavy atom. The maximum atomic E-state index is 13.4. The number of methoxy groups -OCH3 is 1. The number of halogens is 3. The molecule has 0 aliphatic rings. The summed E-state index contributed by atoms with van der Waals surface area (Å²) in [6, 6.07) is 8.95. The van der Waals surface area contributed by atoms with Crippen molar-refractivity contribution in [1.82, 2.24) is 5.32 Å². The molecule has 0 amide bonds. The highest BCUT2D eigenvalue weighted by molar-refractivity contribution is 7.92. The van der Waals surface area contributed by atoms with Gasteiger partial charge in [-0.15, -0.1) is 0 Å². The Kier molecular flexibility index (Phi) is 8.83. The molecule has 0 radical (unpaired) electrons. The van der Waals surface area contributed by atoms with Crippen molar-refractivity contribution in [2.24, 2.45) is 0 Å². The third kappa shape index (κ3) is 6.35. The Morgan fingerprint density at radius 3 is 2.37 bits per heavy atom. The molecule has 1 N–H and O–H groups in total. The second-order valence-corrected chi connectivity index (χ2v) is 8.50. The monoisotopic (exact) mass is 416 g/mol. The Hall–Kier alpha value is -1.34. The molecule has 27 heavy (non-hydrogen) atoms. The van der Waals surface area contributed by atoms with Crippen LogP contribution < -0.4 is 10.1 Å². The van der Waals surface area contributed by atoms with Crippen molar-refractivity contribution < 1.29 is 17.7 Å². The van der Waals surface area contributed by atoms with Gasteiger partial charge < -0.3 is 10.1 Å². The van der Waals surface area contributed by atoms with E-state index in [1.165, 1.54) is 12.1 Å². The maximum absolute atomic E-state index is 13.4. The van der Waals surface area contributed by atoms with E-state index in [-0.39, 0.29) is 17.3 Å². The van der Waals surface area contributed by atoms with Gasteiger partial charge in [0, 0.05) is 24.7 Å². The molecule has 0 fully saturated rings. The maximum Gasteiger partial charge on any atom is 0.156 e. The molecule has 0 saturated carbocycles. The first-order chi connectivity index (χ1) is 13.0. The first-order valence-corrected chi connectivity index (χ1v) is 10.7. The number of nitrogens with one attached hydrogen (secondary N) is 1. The third-order valence-corrected chi connectivity index (χ3v) is 6.15. The average molecular weight is 417 g/mol. The zero-order valence-electron chi connectivity index (χ0n) is 15.7. The number of ether oxygens (including phenoxy) is 1. The lowest BCUT2D eigenvalue weighted by molar-refractivity contribution is 0.225. The third-order valence-electron chi connectivity index (χ3n) is 4.03. The quantitative estimate of drug-likeness (QED) is 0.550. The zero-order valence-corrected chi connectivity index (χ0v) is 17.3. The van der Waals surface area contributed by atoms with Gasteiger partial charge in [0.1, 0.15) is 40.1 Å². The molecule has 2 aromatic carbocycles. The Labute approximate surface area is 167 Å². The second kappa shape index (κ2) is 10.9. The van der Waals surface area contributed by atoms with Crippen LogP contribution in [0.4, 0.5) is 8.78 Å². The molecule has 3 nitrogen and oxygen atoms in total. The standard InChI is InChI=1S/C20H25ClF2NO2S/c1-4-27(5-2)26-19(20-17(21)7-6-8-18(20)25-3)13-24-12-14-9-15(22)11-16(23)10-14/h6-11,19,24H,4-5,12-13H2,1-3H3/q+1. The molecule has 0 aromatic heterocycles. The predicted octanol–water partition coefficient (Wildman–Crippen LogP) is 5.05. The molecule has 0 spiro atoms. The number of benzene rings is 2. The van der Waals surface area contributed by atoms with Crippen LogP contribution in [0.5, 0.6) is 5.75 Å². The molecule has 2 aromatic rings. The largest absolute Gasteiger partial charge is 0.496 e. The first kappa shape index (κ1) is 22.0. The highest BCUT2D eigenvalue weighted by atomic mass is 35.5. The van der Waals surface area contributed by atoms with E-state index in [1.807, 2.05) is 12.1 Å². The fraction of sp³-hybridized carbons (Fsp3) is 0.400. The van der Waals surface area contributed by atoms with Gasteiger partial charge >= 0.3 is 0 Å². The van der Waals surface area contributed by atoms with E-state index in [9.17, 15) is 8.78 Å². The molecule has 0 heterocycles. The Balaban J connectivity index is 2.18. The topological polar surface area (TPSA) is 30.5 Å². The van der Waals surface area contributed by atoms with Crippen molar-refractivity contribution in [2.45, 2.75) is 26.5 Å². The summed E-state index contributed by atoms with van der Waals surface area (Å²) in [5.41, 5.74) is 1.31. The lowest BCUT2D eigenvalue weighted by Gasteiger charge is -2.20. The summed E-state index contributed by atoms with van der Waals surface area (Å²) in [6.45, 7) is 4.90. The molecular formula is C20H25ClF2NO2S+. The molecule has 0 aliphatic heterocycles. The van der Waals surface area contributed by atoms with Gasteiger partial charge in [-0.3, -0.25) is 0 Å². The van der Waals surface area contributed by atoms with Crippen molar-refractivity contribution in [3.8, 4) is 5.75 Å². The van der Waals surface area contributed by atoms with E-state index in [1.54, 1.807) is 13.2 Å². The summed E-state index contributed by atoms with van der Waals surface area (Å²) < 4.78 is 38.5. The molecule has 2 rings (SSSR count). The highest BCUT2D eigenvalue weighted by Gasteiger charge is 2.28. The van der Waals surface area contributed by atoms with Gasteiger partial charge in [0.2, 0.25) is 0 Å². The van der Waals surface area contributed by atoms with Gasteiger partial charge in [0.05, 0.1) is 12.1 Å². The SMILES string of the molecule is CC[S+](CC)OC(CNCc1cc(F)cc(F)c1)c1c(Cl)cccc1OC. The zero-order chi connectivity index (χ0) is 19.8. The van der Waals surface area contributed by atoms with Crippen molar-refractivity contribution in [3.63, 3.8) is 0 Å². The van der Waals surface area contributed by atoms with E-state index in [4.69, 9.17) is 20.5 Å². The van der Waals surface area contributed by atoms with E-state index in [2.05, 4.69) is 19.2 Å². The lowest BCUT2D eigenvalue weighted by Crippen LogP contribution is -2.27. The van der Waals surface area contributed by atoms with Gasteiger partial charge in [0.15, 0.2) is 6.10 Å². The van der Waals surface area contributed by atoms with Crippen LogP contribution in [0.1, 0.15) is 31.1 Å². The normalized spacial score (nSPS) is 12.4. The van der Waals surface area contributed by atoms with Crippen molar-refractivity contribution >= 4 is 22.8 Å². The number of hydrogen-bond acceptors (Lipinski definition) is 3. The molecular weight excluding hydrogens is 392 g/mol. The summed E-state index contributed by atoms with van der Waals surface area (Å²) in [5, 5.41) is 3.78. The fourth-order valence-corrected chi connectivity index (χ4v) is 4.22. The Bertz CT molecular complexity index is 724. The predicted molar refractivity (Wildman–Crippen MR) is 108 cm³/mol. The molecule has 0 saturated heterocycles. The highest BCUT2D eigenvalue weighted by Crippen LogP contribution is 2.35. The molecule has 1 atom stereocenters. The molecule has 0 bridgehead atoms. The summed E-state index contributed by atoms with van der Waals surface area (Å²) in [6.07, 6.45) is -0.338. The Morgan fingerprint density at radius 2 is 1.78 bits per heavy atom. The van der Waals surface area contributed by atoms with Gasteiger partial charge in [-0.25, -0.2) is 8.78 Å². The minimum atomic E-state index is -0.592. The average Bonchev–Trinajstić information content (AvgIpc) is 2.63. The number of hydrogen-bond donors (Lipinski definition) is 1. The molecule has 1 unspecified atom stereocenters. The summed E-state index contributed by atoms with van der Waals surface area (Å²) in [5.74, 6) is 1.27. The fourth-order valence-electron chi connectivity index (χ4n) is 2.76. The van der Waals surface area contributed by atoms with Gasteiger partial charge in [-0.05, 0) is 43.7 Å². The molecule has 148 valence electrons.